The maximum Gasteiger partial charge on any atom is 0.231 e. The molecule has 1 aromatic carbocycles. The molecular formula is C12H16N2OS. The average Bonchev–Trinajstić information content (AvgIpc) is 2.53. The van der Waals surface area contributed by atoms with Crippen LogP contribution in [0.4, 0.5) is 5.69 Å². The summed E-state index contributed by atoms with van der Waals surface area (Å²) in [5, 5.41) is 0.0753. The molecule has 0 saturated carbocycles. The standard InChI is InChI=1S/C12H16N2OS/c1-13(2)12(16)8-4-5-10-9(6-8)7-11(15)14(10)3/h4-6,12,16H,7H2,1-3H3. The normalized spacial score (nSPS) is 16.8. The Hall–Kier alpha value is -1.00. The summed E-state index contributed by atoms with van der Waals surface area (Å²) in [6.45, 7) is 0. The molecule has 1 aliphatic heterocycles. The Morgan fingerprint density at radius 3 is 2.75 bits per heavy atom. The Kier molecular flexibility index (Phi) is 2.95. The molecule has 0 radical (unpaired) electrons. The largest absolute Gasteiger partial charge is 0.315 e. The number of amides is 1. The quantitative estimate of drug-likeness (QED) is 0.624. The molecular weight excluding hydrogens is 220 g/mol. The van der Waals surface area contributed by atoms with Crippen molar-refractivity contribution in [2.24, 2.45) is 0 Å². The number of carbonyl (C=O) groups excluding carboxylic acids is 1. The van der Waals surface area contributed by atoms with E-state index in [-0.39, 0.29) is 11.3 Å². The SMILES string of the molecule is CN1C(=O)Cc2cc(C(S)N(C)C)ccc21. The van der Waals surface area contributed by atoms with Crippen LogP contribution in [0, 0.1) is 0 Å². The van der Waals surface area contributed by atoms with Crippen LogP contribution in [0.5, 0.6) is 0 Å². The number of hydrogen-bond acceptors (Lipinski definition) is 3. The monoisotopic (exact) mass is 236 g/mol. The second-order valence-corrected chi connectivity index (χ2v) is 4.84. The van der Waals surface area contributed by atoms with Crippen LogP contribution in [0.15, 0.2) is 18.2 Å². The number of rotatable bonds is 2. The fourth-order valence-corrected chi connectivity index (χ4v) is 2.11. The van der Waals surface area contributed by atoms with Gasteiger partial charge in [-0.15, -0.1) is 0 Å². The van der Waals surface area contributed by atoms with Crippen molar-refractivity contribution in [2.75, 3.05) is 26.0 Å². The van der Waals surface area contributed by atoms with E-state index in [2.05, 4.69) is 18.7 Å². The number of fused-ring (bicyclic) bond motifs is 1. The van der Waals surface area contributed by atoms with Gasteiger partial charge in [-0.25, -0.2) is 0 Å². The Morgan fingerprint density at radius 1 is 1.44 bits per heavy atom. The summed E-state index contributed by atoms with van der Waals surface area (Å²) >= 11 is 4.53. The first kappa shape index (κ1) is 11.5. The molecule has 86 valence electrons. The molecule has 0 aliphatic carbocycles. The van der Waals surface area contributed by atoms with Gasteiger partial charge in [0.25, 0.3) is 0 Å². The third-order valence-corrected chi connectivity index (χ3v) is 3.73. The van der Waals surface area contributed by atoms with Crippen molar-refractivity contribution in [3.8, 4) is 0 Å². The minimum absolute atomic E-state index is 0.0753. The van der Waals surface area contributed by atoms with Crippen molar-refractivity contribution in [2.45, 2.75) is 11.8 Å². The number of benzene rings is 1. The molecule has 1 aliphatic rings. The lowest BCUT2D eigenvalue weighted by molar-refractivity contribution is -0.117. The number of thiol groups is 1. The lowest BCUT2D eigenvalue weighted by Gasteiger charge is -2.20. The second-order valence-electron chi connectivity index (χ2n) is 4.35. The molecule has 1 heterocycles. The molecule has 16 heavy (non-hydrogen) atoms. The summed E-state index contributed by atoms with van der Waals surface area (Å²) in [5.74, 6) is 0.160. The fraction of sp³-hybridized carbons (Fsp3) is 0.417. The summed E-state index contributed by atoms with van der Waals surface area (Å²) in [6, 6.07) is 6.11. The highest BCUT2D eigenvalue weighted by molar-refractivity contribution is 7.80. The maximum atomic E-state index is 11.5. The van der Waals surface area contributed by atoms with Crippen LogP contribution in [0.3, 0.4) is 0 Å². The molecule has 0 fully saturated rings. The van der Waals surface area contributed by atoms with Crippen LogP contribution < -0.4 is 4.90 Å². The zero-order valence-corrected chi connectivity index (χ0v) is 10.7. The third-order valence-electron chi connectivity index (χ3n) is 2.97. The zero-order valence-electron chi connectivity index (χ0n) is 9.77. The van der Waals surface area contributed by atoms with Crippen molar-refractivity contribution < 1.29 is 4.79 Å². The van der Waals surface area contributed by atoms with Crippen LogP contribution in [0.1, 0.15) is 16.5 Å². The minimum Gasteiger partial charge on any atom is -0.315 e. The van der Waals surface area contributed by atoms with Gasteiger partial charge < -0.3 is 4.90 Å². The molecule has 4 heteroatoms. The molecule has 3 nitrogen and oxygen atoms in total. The molecule has 1 aromatic rings. The Labute approximate surface area is 101 Å². The summed E-state index contributed by atoms with van der Waals surface area (Å²) in [6.07, 6.45) is 0.508. The van der Waals surface area contributed by atoms with Gasteiger partial charge in [0.05, 0.1) is 11.8 Å². The van der Waals surface area contributed by atoms with E-state index in [1.807, 2.05) is 38.2 Å². The van der Waals surface area contributed by atoms with Gasteiger partial charge in [0.1, 0.15) is 0 Å². The van der Waals surface area contributed by atoms with Gasteiger partial charge in [0, 0.05) is 12.7 Å². The zero-order chi connectivity index (χ0) is 11.9. The van der Waals surface area contributed by atoms with Crippen LogP contribution in [-0.2, 0) is 11.2 Å². The lowest BCUT2D eigenvalue weighted by atomic mass is 10.1. The smallest absolute Gasteiger partial charge is 0.231 e. The van der Waals surface area contributed by atoms with E-state index in [1.54, 1.807) is 4.90 Å². The molecule has 0 bridgehead atoms. The molecule has 1 amide bonds. The van der Waals surface area contributed by atoms with Crippen LogP contribution in [0.25, 0.3) is 0 Å². The summed E-state index contributed by atoms with van der Waals surface area (Å²) < 4.78 is 0. The van der Waals surface area contributed by atoms with E-state index in [0.717, 1.165) is 16.8 Å². The second kappa shape index (κ2) is 4.11. The van der Waals surface area contributed by atoms with E-state index >= 15 is 0 Å². The van der Waals surface area contributed by atoms with Gasteiger partial charge in [-0.2, -0.15) is 12.6 Å². The molecule has 1 unspecified atom stereocenters. The van der Waals surface area contributed by atoms with E-state index < -0.39 is 0 Å². The van der Waals surface area contributed by atoms with Crippen molar-refractivity contribution >= 4 is 24.2 Å². The minimum atomic E-state index is 0.0753. The van der Waals surface area contributed by atoms with E-state index in [4.69, 9.17) is 0 Å². The summed E-state index contributed by atoms with van der Waals surface area (Å²) in [5.41, 5.74) is 3.26. The molecule has 1 atom stereocenters. The van der Waals surface area contributed by atoms with Crippen molar-refractivity contribution in [1.82, 2.24) is 4.90 Å². The first-order chi connectivity index (χ1) is 7.50. The van der Waals surface area contributed by atoms with Gasteiger partial charge >= 0.3 is 0 Å². The van der Waals surface area contributed by atoms with Crippen LogP contribution >= 0.6 is 12.6 Å². The molecule has 2 rings (SSSR count). The average molecular weight is 236 g/mol. The number of likely N-dealkylation sites (N-methyl/N-ethyl adjacent to an activating group) is 1. The molecule has 0 aromatic heterocycles. The van der Waals surface area contributed by atoms with Gasteiger partial charge in [-0.3, -0.25) is 9.69 Å². The number of nitrogens with zero attached hydrogens (tertiary/aromatic N) is 2. The highest BCUT2D eigenvalue weighted by Gasteiger charge is 2.24. The topological polar surface area (TPSA) is 23.6 Å². The van der Waals surface area contributed by atoms with Crippen molar-refractivity contribution in [1.29, 1.82) is 0 Å². The van der Waals surface area contributed by atoms with Gasteiger partial charge in [0.2, 0.25) is 5.91 Å². The lowest BCUT2D eigenvalue weighted by Crippen LogP contribution is -2.20. The summed E-state index contributed by atoms with van der Waals surface area (Å²) in [4.78, 5) is 15.3. The predicted molar refractivity (Wildman–Crippen MR) is 69.0 cm³/mol. The van der Waals surface area contributed by atoms with Gasteiger partial charge in [-0.1, -0.05) is 12.1 Å². The van der Waals surface area contributed by atoms with E-state index in [1.165, 1.54) is 0 Å². The Balaban J connectivity index is 2.35. The molecule has 0 N–H and O–H groups in total. The number of anilines is 1. The molecule has 0 saturated heterocycles. The first-order valence-corrected chi connectivity index (χ1v) is 5.76. The van der Waals surface area contributed by atoms with E-state index in [9.17, 15) is 4.79 Å². The first-order valence-electron chi connectivity index (χ1n) is 5.24. The van der Waals surface area contributed by atoms with Gasteiger partial charge in [0.15, 0.2) is 0 Å². The third kappa shape index (κ3) is 1.83. The number of hydrogen-bond donors (Lipinski definition) is 1. The van der Waals surface area contributed by atoms with Crippen LogP contribution in [-0.4, -0.2) is 32.0 Å². The van der Waals surface area contributed by atoms with E-state index in [0.29, 0.717) is 6.42 Å². The predicted octanol–water partition coefficient (Wildman–Crippen LogP) is 1.70. The highest BCUT2D eigenvalue weighted by atomic mass is 32.1. The Morgan fingerprint density at radius 2 is 2.12 bits per heavy atom. The summed E-state index contributed by atoms with van der Waals surface area (Å²) in [7, 11) is 5.79. The van der Waals surface area contributed by atoms with Gasteiger partial charge in [-0.05, 0) is 31.3 Å². The maximum absolute atomic E-state index is 11.5. The molecule has 0 spiro atoms. The fourth-order valence-electron chi connectivity index (χ4n) is 1.95. The number of carbonyl (C=O) groups is 1. The van der Waals surface area contributed by atoms with Crippen molar-refractivity contribution in [3.05, 3.63) is 29.3 Å². The Bertz CT molecular complexity index is 431. The van der Waals surface area contributed by atoms with Crippen molar-refractivity contribution in [3.63, 3.8) is 0 Å². The van der Waals surface area contributed by atoms with Crippen LogP contribution in [0.2, 0.25) is 0 Å². The highest BCUT2D eigenvalue weighted by Crippen LogP contribution is 2.32.